The summed E-state index contributed by atoms with van der Waals surface area (Å²) in [5, 5.41) is 3.88. The standard InChI is InChI=1S/C14H18N4O3S/c1-22(20,21)18-8-6-17(7-9-18)14(19)16-12-2-3-13-11(10-12)4-5-15-13/h2-5,10,15H,6-9H2,1H3,(H,16,19). The van der Waals surface area contributed by atoms with E-state index >= 15 is 0 Å². The van der Waals surface area contributed by atoms with E-state index in [-0.39, 0.29) is 6.03 Å². The first-order chi connectivity index (χ1) is 10.4. The Balaban J connectivity index is 1.63. The molecule has 2 amide bonds. The van der Waals surface area contributed by atoms with Gasteiger partial charge >= 0.3 is 6.03 Å². The number of carbonyl (C=O) groups is 1. The number of aromatic nitrogens is 1. The van der Waals surface area contributed by atoms with Crippen LogP contribution in [-0.4, -0.2) is 61.1 Å². The maximum atomic E-state index is 12.2. The third-order valence-electron chi connectivity index (χ3n) is 3.80. The van der Waals surface area contributed by atoms with Gasteiger partial charge in [0.05, 0.1) is 6.26 Å². The Hall–Kier alpha value is -2.06. The van der Waals surface area contributed by atoms with Gasteiger partial charge in [-0.1, -0.05) is 0 Å². The summed E-state index contributed by atoms with van der Waals surface area (Å²) in [6.45, 7) is 1.46. The summed E-state index contributed by atoms with van der Waals surface area (Å²) in [5.74, 6) is 0. The van der Waals surface area contributed by atoms with Crippen LogP contribution in [0.4, 0.5) is 10.5 Å². The van der Waals surface area contributed by atoms with Crippen LogP contribution in [0.25, 0.3) is 10.9 Å². The predicted octanol–water partition coefficient (Wildman–Crippen LogP) is 1.28. The number of benzene rings is 1. The quantitative estimate of drug-likeness (QED) is 0.873. The summed E-state index contributed by atoms with van der Waals surface area (Å²) in [7, 11) is -3.18. The lowest BCUT2D eigenvalue weighted by Crippen LogP contribution is -2.51. The van der Waals surface area contributed by atoms with Crippen molar-refractivity contribution in [2.45, 2.75) is 0 Å². The van der Waals surface area contributed by atoms with E-state index in [1.165, 1.54) is 10.6 Å². The number of urea groups is 1. The maximum absolute atomic E-state index is 12.2. The average molecular weight is 322 g/mol. The molecule has 1 fully saturated rings. The molecule has 0 saturated carbocycles. The maximum Gasteiger partial charge on any atom is 0.321 e. The van der Waals surface area contributed by atoms with Crippen LogP contribution in [-0.2, 0) is 10.0 Å². The first-order valence-electron chi connectivity index (χ1n) is 7.02. The number of rotatable bonds is 2. The molecule has 1 aliphatic heterocycles. The molecule has 0 atom stereocenters. The third kappa shape index (κ3) is 3.07. The van der Waals surface area contributed by atoms with E-state index in [9.17, 15) is 13.2 Å². The molecule has 118 valence electrons. The topological polar surface area (TPSA) is 85.5 Å². The number of H-pyrrole nitrogens is 1. The highest BCUT2D eigenvalue weighted by molar-refractivity contribution is 7.88. The van der Waals surface area contributed by atoms with E-state index in [1.54, 1.807) is 4.90 Å². The number of carbonyl (C=O) groups excluding carboxylic acids is 1. The molecule has 1 aromatic carbocycles. The highest BCUT2D eigenvalue weighted by Crippen LogP contribution is 2.18. The molecule has 1 aliphatic rings. The van der Waals surface area contributed by atoms with Crippen molar-refractivity contribution in [2.75, 3.05) is 37.8 Å². The minimum absolute atomic E-state index is 0.206. The van der Waals surface area contributed by atoms with Crippen molar-refractivity contribution in [2.24, 2.45) is 0 Å². The van der Waals surface area contributed by atoms with Gasteiger partial charge in [0.25, 0.3) is 0 Å². The SMILES string of the molecule is CS(=O)(=O)N1CCN(C(=O)Nc2ccc3[nH]ccc3c2)CC1. The van der Waals surface area contributed by atoms with E-state index < -0.39 is 10.0 Å². The molecule has 1 aromatic heterocycles. The van der Waals surface area contributed by atoms with Crippen molar-refractivity contribution < 1.29 is 13.2 Å². The fourth-order valence-corrected chi connectivity index (χ4v) is 3.38. The van der Waals surface area contributed by atoms with Crippen molar-refractivity contribution in [1.29, 1.82) is 0 Å². The second-order valence-electron chi connectivity index (χ2n) is 5.36. The molecule has 0 unspecified atom stereocenters. The number of hydrogen-bond acceptors (Lipinski definition) is 3. The summed E-state index contributed by atoms with van der Waals surface area (Å²) in [6, 6.07) is 7.38. The Morgan fingerprint density at radius 2 is 1.91 bits per heavy atom. The van der Waals surface area contributed by atoms with E-state index in [1.807, 2.05) is 30.5 Å². The molecule has 1 saturated heterocycles. The van der Waals surface area contributed by atoms with Crippen LogP contribution in [0.2, 0.25) is 0 Å². The smallest absolute Gasteiger partial charge is 0.321 e. The van der Waals surface area contributed by atoms with E-state index in [0.29, 0.717) is 26.2 Å². The number of fused-ring (bicyclic) bond motifs is 1. The van der Waals surface area contributed by atoms with E-state index in [2.05, 4.69) is 10.3 Å². The molecule has 0 radical (unpaired) electrons. The number of nitrogens with one attached hydrogen (secondary N) is 2. The number of hydrogen-bond donors (Lipinski definition) is 2. The average Bonchev–Trinajstić information content (AvgIpc) is 2.94. The first kappa shape index (κ1) is 14.9. The Labute approximate surface area is 128 Å². The van der Waals surface area contributed by atoms with Gasteiger partial charge in [0.15, 0.2) is 0 Å². The van der Waals surface area contributed by atoms with Crippen molar-refractivity contribution in [3.63, 3.8) is 0 Å². The predicted molar refractivity (Wildman–Crippen MR) is 85.3 cm³/mol. The Morgan fingerprint density at radius 3 is 2.59 bits per heavy atom. The van der Waals surface area contributed by atoms with Crippen molar-refractivity contribution in [3.8, 4) is 0 Å². The number of amides is 2. The van der Waals surface area contributed by atoms with Gasteiger partial charge in [-0.05, 0) is 24.3 Å². The second kappa shape index (κ2) is 5.62. The summed E-state index contributed by atoms with van der Waals surface area (Å²) in [4.78, 5) is 17.0. The minimum Gasteiger partial charge on any atom is -0.361 e. The summed E-state index contributed by atoms with van der Waals surface area (Å²) >= 11 is 0. The molecule has 8 heteroatoms. The van der Waals surface area contributed by atoms with Gasteiger partial charge in [-0.25, -0.2) is 13.2 Å². The van der Waals surface area contributed by atoms with Crippen LogP contribution in [0.1, 0.15) is 0 Å². The van der Waals surface area contributed by atoms with Gasteiger partial charge in [0.1, 0.15) is 0 Å². The monoisotopic (exact) mass is 322 g/mol. The molecule has 2 N–H and O–H groups in total. The van der Waals surface area contributed by atoms with Gasteiger partial charge in [-0.3, -0.25) is 0 Å². The molecule has 2 heterocycles. The summed E-state index contributed by atoms with van der Waals surface area (Å²) in [6.07, 6.45) is 3.04. The molecule has 22 heavy (non-hydrogen) atoms. The number of aromatic amines is 1. The normalized spacial score (nSPS) is 16.9. The van der Waals surface area contributed by atoms with Gasteiger partial charge in [0, 0.05) is 49.0 Å². The lowest BCUT2D eigenvalue weighted by atomic mass is 10.2. The van der Waals surface area contributed by atoms with Gasteiger partial charge < -0.3 is 15.2 Å². The molecule has 0 spiro atoms. The van der Waals surface area contributed by atoms with Crippen LogP contribution in [0, 0.1) is 0 Å². The molecule has 0 bridgehead atoms. The fraction of sp³-hybridized carbons (Fsp3) is 0.357. The van der Waals surface area contributed by atoms with Crippen molar-refractivity contribution >= 4 is 32.6 Å². The Kier molecular flexibility index (Phi) is 3.79. The summed E-state index contributed by atoms with van der Waals surface area (Å²) in [5.41, 5.74) is 1.74. The first-order valence-corrected chi connectivity index (χ1v) is 8.86. The number of sulfonamides is 1. The molecular weight excluding hydrogens is 304 g/mol. The summed E-state index contributed by atoms with van der Waals surface area (Å²) < 4.78 is 24.3. The zero-order valence-electron chi connectivity index (χ0n) is 12.2. The van der Waals surface area contributed by atoms with Gasteiger partial charge in [-0.2, -0.15) is 4.31 Å². The molecule has 3 rings (SSSR count). The van der Waals surface area contributed by atoms with Crippen LogP contribution in [0.15, 0.2) is 30.5 Å². The van der Waals surface area contributed by atoms with E-state index in [0.717, 1.165) is 16.6 Å². The Morgan fingerprint density at radius 1 is 1.18 bits per heavy atom. The number of piperazine rings is 1. The zero-order chi connectivity index (χ0) is 15.7. The molecule has 0 aliphatic carbocycles. The zero-order valence-corrected chi connectivity index (χ0v) is 13.1. The van der Waals surface area contributed by atoms with Gasteiger partial charge in [0.2, 0.25) is 10.0 Å². The fourth-order valence-electron chi connectivity index (χ4n) is 2.56. The molecule has 7 nitrogen and oxygen atoms in total. The second-order valence-corrected chi connectivity index (χ2v) is 7.34. The lowest BCUT2D eigenvalue weighted by Gasteiger charge is -2.33. The largest absolute Gasteiger partial charge is 0.361 e. The third-order valence-corrected chi connectivity index (χ3v) is 5.10. The highest BCUT2D eigenvalue weighted by atomic mass is 32.2. The Bertz CT molecular complexity index is 791. The van der Waals surface area contributed by atoms with Gasteiger partial charge in [-0.15, -0.1) is 0 Å². The van der Waals surface area contributed by atoms with Crippen LogP contribution in [0.5, 0.6) is 0 Å². The van der Waals surface area contributed by atoms with Crippen molar-refractivity contribution in [3.05, 3.63) is 30.5 Å². The number of nitrogens with zero attached hydrogens (tertiary/aromatic N) is 2. The lowest BCUT2D eigenvalue weighted by molar-refractivity contribution is 0.184. The van der Waals surface area contributed by atoms with Crippen LogP contribution < -0.4 is 5.32 Å². The minimum atomic E-state index is -3.18. The molecular formula is C14H18N4O3S. The van der Waals surface area contributed by atoms with Crippen LogP contribution in [0.3, 0.4) is 0 Å². The van der Waals surface area contributed by atoms with Crippen LogP contribution >= 0.6 is 0 Å². The van der Waals surface area contributed by atoms with E-state index in [4.69, 9.17) is 0 Å². The highest BCUT2D eigenvalue weighted by Gasteiger charge is 2.25. The molecule has 2 aromatic rings. The van der Waals surface area contributed by atoms with Crippen molar-refractivity contribution in [1.82, 2.24) is 14.2 Å². The number of anilines is 1.